The van der Waals surface area contributed by atoms with Gasteiger partial charge in [0.25, 0.3) is 0 Å². The highest BCUT2D eigenvalue weighted by molar-refractivity contribution is 5.85. The van der Waals surface area contributed by atoms with Gasteiger partial charge in [-0.05, 0) is 31.6 Å². The lowest BCUT2D eigenvalue weighted by Gasteiger charge is -2.26. The molecular weight excluding hydrogens is 478 g/mol. The van der Waals surface area contributed by atoms with Crippen LogP contribution in [0.25, 0.3) is 0 Å². The SMILES string of the molecule is COC(=O)c1nc(C#CC2(O)CCCCC2)nn1[C@@H]1O[C@H](COC(C)=O)[C@@H](OC(C)=O)[C@H]1OC(C)=O. The van der Waals surface area contributed by atoms with Gasteiger partial charge in [0.2, 0.25) is 11.6 Å². The average Bonchev–Trinajstić information content (AvgIpc) is 3.37. The number of methoxy groups -OCH3 is 1. The molecule has 1 aliphatic carbocycles. The molecule has 13 heteroatoms. The van der Waals surface area contributed by atoms with E-state index < -0.39 is 54.0 Å². The van der Waals surface area contributed by atoms with Crippen LogP contribution in [0.1, 0.15) is 75.5 Å². The van der Waals surface area contributed by atoms with Gasteiger partial charge in [0, 0.05) is 20.8 Å². The van der Waals surface area contributed by atoms with Gasteiger partial charge < -0.3 is 28.8 Å². The lowest BCUT2D eigenvalue weighted by atomic mass is 9.85. The Morgan fingerprint density at radius 1 is 1.06 bits per heavy atom. The van der Waals surface area contributed by atoms with E-state index in [4.69, 9.17) is 23.7 Å². The smallest absolute Gasteiger partial charge is 0.375 e. The maximum Gasteiger partial charge on any atom is 0.375 e. The zero-order valence-corrected chi connectivity index (χ0v) is 20.5. The van der Waals surface area contributed by atoms with E-state index in [0.29, 0.717) is 12.8 Å². The van der Waals surface area contributed by atoms with Gasteiger partial charge in [-0.1, -0.05) is 12.3 Å². The molecule has 3 rings (SSSR count). The van der Waals surface area contributed by atoms with Crippen LogP contribution in [0.4, 0.5) is 0 Å². The third-order valence-electron chi connectivity index (χ3n) is 5.67. The number of aromatic nitrogens is 3. The van der Waals surface area contributed by atoms with Gasteiger partial charge in [0.1, 0.15) is 18.3 Å². The van der Waals surface area contributed by atoms with Gasteiger partial charge in [0.15, 0.2) is 18.4 Å². The Kier molecular flexibility index (Phi) is 8.65. The summed E-state index contributed by atoms with van der Waals surface area (Å²) in [5, 5.41) is 14.9. The standard InChI is InChI=1S/C23H29N3O10/c1-13(27)33-12-16-18(34-14(2)28)19(35-15(3)29)21(36-16)26-20(22(30)32-4)24-17(25-26)8-11-23(31)9-6-5-7-10-23/h16,18-19,21,31H,5-7,9-10,12H2,1-4H3/t16-,18-,19-,21-/m1/s1. The maximum atomic E-state index is 12.5. The minimum absolute atomic E-state index is 0.105. The summed E-state index contributed by atoms with van der Waals surface area (Å²) in [6.07, 6.45) is -1.14. The van der Waals surface area contributed by atoms with Crippen LogP contribution in [-0.4, -0.2) is 81.4 Å². The molecule has 1 aliphatic heterocycles. The van der Waals surface area contributed by atoms with Crippen molar-refractivity contribution in [3.63, 3.8) is 0 Å². The molecule has 0 spiro atoms. The molecule has 0 bridgehead atoms. The van der Waals surface area contributed by atoms with Crippen LogP contribution in [0.3, 0.4) is 0 Å². The van der Waals surface area contributed by atoms with Crippen molar-refractivity contribution < 1.29 is 48.0 Å². The van der Waals surface area contributed by atoms with Gasteiger partial charge in [-0.3, -0.25) is 14.4 Å². The number of nitrogens with zero attached hydrogens (tertiary/aromatic N) is 3. The van der Waals surface area contributed by atoms with Crippen molar-refractivity contribution in [1.82, 2.24) is 14.8 Å². The predicted molar refractivity (Wildman–Crippen MR) is 118 cm³/mol. The van der Waals surface area contributed by atoms with Gasteiger partial charge in [-0.2, -0.15) is 4.98 Å². The van der Waals surface area contributed by atoms with E-state index in [1.54, 1.807) is 0 Å². The Hall–Kier alpha value is -3.50. The quantitative estimate of drug-likeness (QED) is 0.321. The lowest BCUT2D eigenvalue weighted by Crippen LogP contribution is -2.41. The van der Waals surface area contributed by atoms with Crippen molar-refractivity contribution >= 4 is 23.9 Å². The Bertz CT molecular complexity index is 1070. The minimum Gasteiger partial charge on any atom is -0.463 e. The molecule has 1 N–H and O–H groups in total. The van der Waals surface area contributed by atoms with E-state index >= 15 is 0 Å². The number of carbonyl (C=O) groups is 4. The molecule has 196 valence electrons. The molecule has 2 aliphatic rings. The Morgan fingerprint density at radius 3 is 2.28 bits per heavy atom. The maximum absolute atomic E-state index is 12.5. The van der Waals surface area contributed by atoms with Crippen molar-refractivity contribution in [3.8, 4) is 11.8 Å². The number of carbonyl (C=O) groups excluding carboxylic acids is 4. The highest BCUT2D eigenvalue weighted by Crippen LogP contribution is 2.35. The summed E-state index contributed by atoms with van der Waals surface area (Å²) < 4.78 is 27.4. The molecule has 0 aromatic carbocycles. The fourth-order valence-electron chi connectivity index (χ4n) is 4.11. The normalized spacial score (nSPS) is 24.7. The first-order chi connectivity index (χ1) is 17.0. The molecule has 1 aromatic rings. The van der Waals surface area contributed by atoms with E-state index in [2.05, 4.69) is 21.9 Å². The van der Waals surface area contributed by atoms with E-state index in [-0.39, 0.29) is 18.3 Å². The molecular formula is C23H29N3O10. The van der Waals surface area contributed by atoms with Gasteiger partial charge in [-0.15, -0.1) is 5.10 Å². The second kappa shape index (κ2) is 11.5. The molecule has 36 heavy (non-hydrogen) atoms. The van der Waals surface area contributed by atoms with Crippen LogP contribution in [0.5, 0.6) is 0 Å². The molecule has 4 atom stereocenters. The predicted octanol–water partition coefficient (Wildman–Crippen LogP) is 0.435. The van der Waals surface area contributed by atoms with E-state index in [0.717, 1.165) is 44.9 Å². The van der Waals surface area contributed by atoms with Crippen molar-refractivity contribution in [2.75, 3.05) is 13.7 Å². The summed E-state index contributed by atoms with van der Waals surface area (Å²) in [6.45, 7) is 3.16. The van der Waals surface area contributed by atoms with E-state index in [1.165, 1.54) is 6.92 Å². The van der Waals surface area contributed by atoms with Gasteiger partial charge in [-0.25, -0.2) is 9.48 Å². The summed E-state index contributed by atoms with van der Waals surface area (Å²) in [5.74, 6) is 2.14. The second-order valence-electron chi connectivity index (χ2n) is 8.55. The number of esters is 4. The number of aliphatic hydroxyl groups is 1. The van der Waals surface area contributed by atoms with Crippen LogP contribution in [0.15, 0.2) is 0 Å². The fourth-order valence-corrected chi connectivity index (χ4v) is 4.11. The van der Waals surface area contributed by atoms with Crippen LogP contribution in [0, 0.1) is 11.8 Å². The van der Waals surface area contributed by atoms with Crippen LogP contribution in [0.2, 0.25) is 0 Å². The van der Waals surface area contributed by atoms with Crippen molar-refractivity contribution in [2.45, 2.75) is 83.0 Å². The van der Waals surface area contributed by atoms with Crippen LogP contribution in [-0.2, 0) is 38.1 Å². The van der Waals surface area contributed by atoms with Crippen molar-refractivity contribution in [3.05, 3.63) is 11.6 Å². The molecule has 0 unspecified atom stereocenters. The zero-order valence-electron chi connectivity index (χ0n) is 20.5. The molecule has 2 fully saturated rings. The highest BCUT2D eigenvalue weighted by atomic mass is 16.7. The van der Waals surface area contributed by atoms with Crippen LogP contribution >= 0.6 is 0 Å². The van der Waals surface area contributed by atoms with Crippen molar-refractivity contribution in [2.24, 2.45) is 0 Å². The topological polar surface area (TPSA) is 165 Å². The summed E-state index contributed by atoms with van der Waals surface area (Å²) in [4.78, 5) is 51.6. The van der Waals surface area contributed by atoms with Crippen LogP contribution < -0.4 is 0 Å². The lowest BCUT2D eigenvalue weighted by molar-refractivity contribution is -0.166. The third-order valence-corrected chi connectivity index (χ3v) is 5.67. The average molecular weight is 507 g/mol. The third kappa shape index (κ3) is 6.58. The monoisotopic (exact) mass is 507 g/mol. The first-order valence-electron chi connectivity index (χ1n) is 11.5. The number of hydrogen-bond donors (Lipinski definition) is 1. The Balaban J connectivity index is 2.02. The molecule has 0 radical (unpaired) electrons. The molecule has 2 heterocycles. The van der Waals surface area contributed by atoms with E-state index in [1.807, 2.05) is 0 Å². The first kappa shape index (κ1) is 27.1. The summed E-state index contributed by atoms with van der Waals surface area (Å²) in [7, 11) is 1.14. The number of rotatable bonds is 6. The largest absolute Gasteiger partial charge is 0.463 e. The van der Waals surface area contributed by atoms with Gasteiger partial charge in [0.05, 0.1) is 7.11 Å². The van der Waals surface area contributed by atoms with Crippen molar-refractivity contribution in [1.29, 1.82) is 0 Å². The number of ether oxygens (including phenoxy) is 5. The Labute approximate surface area is 207 Å². The molecule has 1 saturated carbocycles. The fraction of sp³-hybridized carbons (Fsp3) is 0.652. The molecule has 13 nitrogen and oxygen atoms in total. The first-order valence-corrected chi connectivity index (χ1v) is 11.5. The molecule has 0 amide bonds. The highest BCUT2D eigenvalue weighted by Gasteiger charge is 2.52. The van der Waals surface area contributed by atoms with Gasteiger partial charge >= 0.3 is 23.9 Å². The molecule has 1 aromatic heterocycles. The zero-order chi connectivity index (χ0) is 26.5. The summed E-state index contributed by atoms with van der Waals surface area (Å²) >= 11 is 0. The summed E-state index contributed by atoms with van der Waals surface area (Å²) in [6, 6.07) is 0. The summed E-state index contributed by atoms with van der Waals surface area (Å²) in [5.41, 5.74) is -1.19. The Morgan fingerprint density at radius 2 is 1.69 bits per heavy atom. The van der Waals surface area contributed by atoms with E-state index in [9.17, 15) is 24.3 Å². The second-order valence-corrected chi connectivity index (χ2v) is 8.55. The molecule has 1 saturated heterocycles. The minimum atomic E-state index is -1.31. The number of hydrogen-bond acceptors (Lipinski definition) is 12.